The minimum absolute atomic E-state index is 0.125. The van der Waals surface area contributed by atoms with E-state index in [2.05, 4.69) is 5.32 Å². The van der Waals surface area contributed by atoms with Gasteiger partial charge >= 0.3 is 0 Å². The van der Waals surface area contributed by atoms with Crippen molar-refractivity contribution in [2.75, 3.05) is 13.2 Å². The second kappa shape index (κ2) is 6.91. The second-order valence-corrected chi connectivity index (χ2v) is 3.97. The van der Waals surface area contributed by atoms with Crippen LogP contribution >= 0.6 is 0 Å². The molecule has 0 saturated heterocycles. The predicted octanol–water partition coefficient (Wildman–Crippen LogP) is 1.23. The van der Waals surface area contributed by atoms with E-state index in [-0.39, 0.29) is 5.91 Å². The maximum absolute atomic E-state index is 11.3. The minimum atomic E-state index is -0.422. The Bertz CT molecular complexity index is 366. The molecule has 17 heavy (non-hydrogen) atoms. The van der Waals surface area contributed by atoms with Crippen molar-refractivity contribution in [1.82, 2.24) is 5.32 Å². The van der Waals surface area contributed by atoms with Gasteiger partial charge in [-0.15, -0.1) is 0 Å². The zero-order chi connectivity index (χ0) is 12.7. The quantitative estimate of drug-likeness (QED) is 0.730. The lowest BCUT2D eigenvalue weighted by Crippen LogP contribution is -2.41. The second-order valence-electron chi connectivity index (χ2n) is 3.97. The van der Waals surface area contributed by atoms with Gasteiger partial charge in [-0.2, -0.15) is 0 Å². The number of carbonyl (C=O) groups excluding carboxylic acids is 1. The molecule has 0 unspecified atom stereocenters. The van der Waals surface area contributed by atoms with Crippen LogP contribution in [0.25, 0.3) is 0 Å². The number of benzene rings is 1. The van der Waals surface area contributed by atoms with Crippen LogP contribution in [0, 0.1) is 6.92 Å². The van der Waals surface area contributed by atoms with Gasteiger partial charge in [-0.3, -0.25) is 4.79 Å². The van der Waals surface area contributed by atoms with E-state index < -0.39 is 6.04 Å². The Hall–Kier alpha value is -1.55. The van der Waals surface area contributed by atoms with Gasteiger partial charge in [0, 0.05) is 0 Å². The molecule has 0 aliphatic rings. The Labute approximate surface area is 102 Å². The first kappa shape index (κ1) is 13.5. The van der Waals surface area contributed by atoms with Gasteiger partial charge in [0.25, 0.3) is 0 Å². The topological polar surface area (TPSA) is 64.4 Å². The molecular formula is C13H20N2O2. The fourth-order valence-corrected chi connectivity index (χ4v) is 1.36. The molecule has 0 fully saturated rings. The third-order valence-electron chi connectivity index (χ3n) is 2.44. The van der Waals surface area contributed by atoms with E-state index in [1.54, 1.807) is 0 Å². The summed E-state index contributed by atoms with van der Waals surface area (Å²) in [5.74, 6) is 0.694. The molecule has 3 N–H and O–H groups in total. The third kappa shape index (κ3) is 4.87. The maximum atomic E-state index is 11.3. The molecule has 0 aromatic heterocycles. The Morgan fingerprint density at radius 3 is 2.94 bits per heavy atom. The van der Waals surface area contributed by atoms with Crippen molar-refractivity contribution in [3.8, 4) is 5.75 Å². The van der Waals surface area contributed by atoms with E-state index in [0.717, 1.165) is 11.3 Å². The van der Waals surface area contributed by atoms with E-state index in [1.165, 1.54) is 0 Å². The highest BCUT2D eigenvalue weighted by molar-refractivity contribution is 5.81. The monoisotopic (exact) mass is 236 g/mol. The normalized spacial score (nSPS) is 11.9. The molecule has 1 aromatic carbocycles. The van der Waals surface area contributed by atoms with Crippen molar-refractivity contribution in [2.24, 2.45) is 5.73 Å². The lowest BCUT2D eigenvalue weighted by atomic mass is 10.2. The molecule has 94 valence electrons. The lowest BCUT2D eigenvalue weighted by Gasteiger charge is -2.11. The van der Waals surface area contributed by atoms with Crippen molar-refractivity contribution >= 4 is 5.91 Å². The van der Waals surface area contributed by atoms with Crippen LogP contribution in [0.5, 0.6) is 5.75 Å². The molecule has 0 radical (unpaired) electrons. The molecule has 1 aromatic rings. The number of carbonyl (C=O) groups is 1. The molecule has 4 nitrogen and oxygen atoms in total. The van der Waals surface area contributed by atoms with Gasteiger partial charge < -0.3 is 15.8 Å². The summed E-state index contributed by atoms with van der Waals surface area (Å²) in [7, 11) is 0. The average Bonchev–Trinajstić information content (AvgIpc) is 2.33. The summed E-state index contributed by atoms with van der Waals surface area (Å²) in [5.41, 5.74) is 6.73. The summed E-state index contributed by atoms with van der Waals surface area (Å²) in [6.07, 6.45) is 0.643. The standard InChI is InChI=1S/C13H20N2O2/c1-3-12(14)13(16)15-7-8-17-11-6-4-5-10(2)9-11/h4-6,9,12H,3,7-8,14H2,1-2H3,(H,15,16)/t12-/m1/s1. The largest absolute Gasteiger partial charge is 0.492 e. The van der Waals surface area contributed by atoms with Crippen LogP contribution in [0.2, 0.25) is 0 Å². The molecule has 1 rings (SSSR count). The smallest absolute Gasteiger partial charge is 0.237 e. The number of aryl methyl sites for hydroxylation is 1. The Morgan fingerprint density at radius 1 is 1.53 bits per heavy atom. The fraction of sp³-hybridized carbons (Fsp3) is 0.462. The van der Waals surface area contributed by atoms with Gasteiger partial charge in [-0.1, -0.05) is 19.1 Å². The fourth-order valence-electron chi connectivity index (χ4n) is 1.36. The van der Waals surface area contributed by atoms with Gasteiger partial charge in [0.05, 0.1) is 12.6 Å². The predicted molar refractivity (Wildman–Crippen MR) is 68.0 cm³/mol. The van der Waals surface area contributed by atoms with Crippen LogP contribution in [0.3, 0.4) is 0 Å². The lowest BCUT2D eigenvalue weighted by molar-refractivity contribution is -0.122. The van der Waals surface area contributed by atoms with Gasteiger partial charge in [-0.25, -0.2) is 0 Å². The number of hydrogen-bond acceptors (Lipinski definition) is 3. The first-order valence-electron chi connectivity index (χ1n) is 5.86. The Morgan fingerprint density at radius 2 is 2.29 bits per heavy atom. The average molecular weight is 236 g/mol. The van der Waals surface area contributed by atoms with Crippen molar-refractivity contribution in [3.63, 3.8) is 0 Å². The van der Waals surface area contributed by atoms with E-state index in [4.69, 9.17) is 10.5 Å². The summed E-state index contributed by atoms with van der Waals surface area (Å²) < 4.78 is 5.50. The molecule has 0 saturated carbocycles. The van der Waals surface area contributed by atoms with Crippen molar-refractivity contribution < 1.29 is 9.53 Å². The Kier molecular flexibility index (Phi) is 5.49. The number of nitrogens with two attached hydrogens (primary N) is 1. The molecule has 4 heteroatoms. The summed E-state index contributed by atoms with van der Waals surface area (Å²) >= 11 is 0. The first-order chi connectivity index (χ1) is 8.13. The number of amides is 1. The first-order valence-corrected chi connectivity index (χ1v) is 5.86. The minimum Gasteiger partial charge on any atom is -0.492 e. The highest BCUT2D eigenvalue weighted by atomic mass is 16.5. The third-order valence-corrected chi connectivity index (χ3v) is 2.44. The number of hydrogen-bond donors (Lipinski definition) is 2. The van der Waals surface area contributed by atoms with Crippen LogP contribution in [0.1, 0.15) is 18.9 Å². The maximum Gasteiger partial charge on any atom is 0.237 e. The highest BCUT2D eigenvalue weighted by Crippen LogP contribution is 2.11. The summed E-state index contributed by atoms with van der Waals surface area (Å²) in [6, 6.07) is 7.38. The number of nitrogens with one attached hydrogen (secondary N) is 1. The van der Waals surface area contributed by atoms with Crippen LogP contribution in [-0.2, 0) is 4.79 Å². The van der Waals surface area contributed by atoms with Crippen molar-refractivity contribution in [1.29, 1.82) is 0 Å². The van der Waals surface area contributed by atoms with Crippen LogP contribution < -0.4 is 15.8 Å². The zero-order valence-corrected chi connectivity index (χ0v) is 10.4. The molecule has 0 spiro atoms. The molecule has 0 aliphatic carbocycles. The van der Waals surface area contributed by atoms with E-state index in [0.29, 0.717) is 19.6 Å². The number of ether oxygens (including phenoxy) is 1. The van der Waals surface area contributed by atoms with Gasteiger partial charge in [-0.05, 0) is 31.0 Å². The molecular weight excluding hydrogens is 216 g/mol. The van der Waals surface area contributed by atoms with Gasteiger partial charge in [0.2, 0.25) is 5.91 Å². The molecule has 0 bridgehead atoms. The molecule has 1 amide bonds. The summed E-state index contributed by atoms with van der Waals surface area (Å²) in [6.45, 7) is 4.81. The SMILES string of the molecule is CC[C@@H](N)C(=O)NCCOc1cccc(C)c1. The van der Waals surface area contributed by atoms with Crippen LogP contribution in [0.15, 0.2) is 24.3 Å². The molecule has 0 heterocycles. The molecule has 0 aliphatic heterocycles. The van der Waals surface area contributed by atoms with Crippen LogP contribution in [-0.4, -0.2) is 25.1 Å². The van der Waals surface area contributed by atoms with Gasteiger partial charge in [0.15, 0.2) is 0 Å². The van der Waals surface area contributed by atoms with Crippen molar-refractivity contribution in [2.45, 2.75) is 26.3 Å². The Balaban J connectivity index is 2.22. The molecule has 1 atom stereocenters. The number of rotatable bonds is 6. The summed E-state index contributed by atoms with van der Waals surface area (Å²) in [5, 5.41) is 2.73. The van der Waals surface area contributed by atoms with Gasteiger partial charge in [0.1, 0.15) is 12.4 Å². The van der Waals surface area contributed by atoms with Crippen LogP contribution in [0.4, 0.5) is 0 Å². The van der Waals surface area contributed by atoms with E-state index >= 15 is 0 Å². The van der Waals surface area contributed by atoms with E-state index in [1.807, 2.05) is 38.1 Å². The van der Waals surface area contributed by atoms with Crippen molar-refractivity contribution in [3.05, 3.63) is 29.8 Å². The van der Waals surface area contributed by atoms with E-state index in [9.17, 15) is 4.79 Å². The summed E-state index contributed by atoms with van der Waals surface area (Å²) in [4.78, 5) is 11.3. The zero-order valence-electron chi connectivity index (χ0n) is 10.4. The highest BCUT2D eigenvalue weighted by Gasteiger charge is 2.09.